The van der Waals surface area contributed by atoms with Gasteiger partial charge in [-0.15, -0.1) is 0 Å². The van der Waals surface area contributed by atoms with Crippen LogP contribution in [0.5, 0.6) is 0 Å². The van der Waals surface area contributed by atoms with Crippen molar-refractivity contribution in [2.24, 2.45) is 0 Å². The first kappa shape index (κ1) is 16.6. The van der Waals surface area contributed by atoms with Crippen molar-refractivity contribution in [2.75, 3.05) is 0 Å². The van der Waals surface area contributed by atoms with Gasteiger partial charge in [0.25, 0.3) is 0 Å². The van der Waals surface area contributed by atoms with Crippen LogP contribution in [0.15, 0.2) is 70.1 Å². The molecule has 1 heterocycles. The van der Waals surface area contributed by atoms with Crippen molar-refractivity contribution < 1.29 is 28.8 Å². The van der Waals surface area contributed by atoms with E-state index in [1.807, 2.05) is 6.07 Å². The van der Waals surface area contributed by atoms with Crippen LogP contribution in [0.1, 0.15) is 11.7 Å². The number of aromatic nitrogens is 2. The SMILES string of the molecule is O=c1c[n+](CC(O)c2ccccc2)n(C(O)=[NH+]c2ccc(F)cc2)o1. The third kappa shape index (κ3) is 3.99. The molecule has 0 aliphatic heterocycles. The smallest absolute Gasteiger partial charge is 0.440 e. The fourth-order valence-corrected chi connectivity index (χ4v) is 2.30. The van der Waals surface area contributed by atoms with E-state index in [-0.39, 0.29) is 6.54 Å². The van der Waals surface area contributed by atoms with Crippen LogP contribution < -0.4 is 15.3 Å². The van der Waals surface area contributed by atoms with E-state index in [0.29, 0.717) is 11.3 Å². The molecule has 0 aliphatic rings. The predicted molar refractivity (Wildman–Crippen MR) is 84.6 cm³/mol. The molecular formula is C17H16FN3O4+2. The van der Waals surface area contributed by atoms with E-state index in [9.17, 15) is 19.4 Å². The van der Waals surface area contributed by atoms with E-state index in [0.717, 1.165) is 11.1 Å². The van der Waals surface area contributed by atoms with Gasteiger partial charge in [-0.25, -0.2) is 9.18 Å². The second-order valence-electron chi connectivity index (χ2n) is 5.32. The zero-order valence-electron chi connectivity index (χ0n) is 13.0. The minimum absolute atomic E-state index is 0.0229. The predicted octanol–water partition coefficient (Wildman–Crippen LogP) is -0.224. The van der Waals surface area contributed by atoms with Gasteiger partial charge < -0.3 is 10.2 Å². The highest BCUT2D eigenvalue weighted by Crippen LogP contribution is 2.11. The van der Waals surface area contributed by atoms with Crippen LogP contribution >= 0.6 is 0 Å². The number of aliphatic hydroxyl groups excluding tert-OH is 2. The molecule has 0 spiro atoms. The molecule has 0 saturated carbocycles. The van der Waals surface area contributed by atoms with Crippen molar-refractivity contribution in [3.63, 3.8) is 0 Å². The highest BCUT2D eigenvalue weighted by Gasteiger charge is 2.30. The normalized spacial score (nSPS) is 13.0. The van der Waals surface area contributed by atoms with Gasteiger partial charge >= 0.3 is 17.8 Å². The van der Waals surface area contributed by atoms with Crippen molar-refractivity contribution in [3.05, 3.63) is 82.6 Å². The number of halogens is 1. The molecule has 25 heavy (non-hydrogen) atoms. The lowest BCUT2D eigenvalue weighted by Gasteiger charge is -2.04. The Hall–Kier alpha value is -3.26. The number of rotatable bonds is 4. The number of aliphatic hydroxyl groups is 2. The Bertz CT molecular complexity index is 933. The van der Waals surface area contributed by atoms with Gasteiger partial charge in [0.2, 0.25) is 11.4 Å². The highest BCUT2D eigenvalue weighted by atomic mass is 19.1. The van der Waals surface area contributed by atoms with Gasteiger partial charge in [0, 0.05) is 4.68 Å². The first-order valence-electron chi connectivity index (χ1n) is 7.48. The van der Waals surface area contributed by atoms with Crippen molar-refractivity contribution in [1.29, 1.82) is 0 Å². The summed E-state index contributed by atoms with van der Waals surface area (Å²) < 4.78 is 19.1. The molecule has 0 radical (unpaired) electrons. The molecule has 8 heteroatoms. The van der Waals surface area contributed by atoms with E-state index < -0.39 is 23.6 Å². The summed E-state index contributed by atoms with van der Waals surface area (Å²) in [7, 11) is 0. The molecular weight excluding hydrogens is 329 g/mol. The Labute approximate surface area is 141 Å². The molecule has 1 aromatic heterocycles. The summed E-state index contributed by atoms with van der Waals surface area (Å²) in [6.45, 7) is -0.0229. The lowest BCUT2D eigenvalue weighted by atomic mass is 10.1. The Morgan fingerprint density at radius 2 is 1.88 bits per heavy atom. The lowest BCUT2D eigenvalue weighted by molar-refractivity contribution is -0.787. The second-order valence-corrected chi connectivity index (χ2v) is 5.32. The van der Waals surface area contributed by atoms with Crippen molar-refractivity contribution >= 4 is 11.7 Å². The Kier molecular flexibility index (Phi) is 4.71. The molecule has 0 fully saturated rings. The highest BCUT2D eigenvalue weighted by molar-refractivity contribution is 5.65. The van der Waals surface area contributed by atoms with Crippen LogP contribution in [0, 0.1) is 5.82 Å². The topological polar surface area (TPSA) is 93.5 Å². The van der Waals surface area contributed by atoms with E-state index in [4.69, 9.17) is 4.52 Å². The zero-order chi connectivity index (χ0) is 17.8. The van der Waals surface area contributed by atoms with Crippen LogP contribution in [0.2, 0.25) is 0 Å². The van der Waals surface area contributed by atoms with Gasteiger partial charge in [-0.3, -0.25) is 0 Å². The zero-order valence-corrected chi connectivity index (χ0v) is 13.0. The first-order chi connectivity index (χ1) is 12.0. The van der Waals surface area contributed by atoms with Crippen LogP contribution in [-0.4, -0.2) is 21.1 Å². The standard InChI is InChI=1S/C17H14FN3O4/c18-13-6-8-14(9-7-13)19-17(24)21-20(11-16(23)25-21)10-15(22)12-4-2-1-3-5-12/h1-9,11,15,22H,10H2/p+2. The Balaban J connectivity index is 1.87. The quantitative estimate of drug-likeness (QED) is 0.346. The molecule has 1 atom stereocenters. The van der Waals surface area contributed by atoms with Gasteiger partial charge in [-0.1, -0.05) is 30.3 Å². The number of benzene rings is 2. The van der Waals surface area contributed by atoms with Gasteiger partial charge in [-0.2, -0.15) is 9.52 Å². The molecule has 3 aromatic rings. The molecule has 7 nitrogen and oxygen atoms in total. The minimum atomic E-state index is -0.909. The summed E-state index contributed by atoms with van der Waals surface area (Å²) in [5, 5.41) is 20.4. The maximum Gasteiger partial charge on any atom is 0.554 e. The van der Waals surface area contributed by atoms with E-state index in [1.54, 1.807) is 24.3 Å². The molecule has 3 N–H and O–H groups in total. The first-order valence-corrected chi connectivity index (χ1v) is 7.48. The molecule has 0 aliphatic carbocycles. The van der Waals surface area contributed by atoms with E-state index in [2.05, 4.69) is 4.99 Å². The van der Waals surface area contributed by atoms with Crippen LogP contribution in [0.4, 0.5) is 10.1 Å². The third-order valence-electron chi connectivity index (χ3n) is 3.49. The second kappa shape index (κ2) is 7.10. The number of nitrogens with zero attached hydrogens (tertiary/aromatic N) is 2. The summed E-state index contributed by atoms with van der Waals surface area (Å²) in [5.74, 6) is -0.418. The minimum Gasteiger partial charge on any atom is -0.440 e. The number of hydrogen-bond acceptors (Lipinski definition) is 3. The third-order valence-corrected chi connectivity index (χ3v) is 3.49. The largest absolute Gasteiger partial charge is 0.554 e. The van der Waals surface area contributed by atoms with Crippen molar-refractivity contribution in [3.8, 4) is 0 Å². The van der Waals surface area contributed by atoms with Crippen LogP contribution in [0.25, 0.3) is 0 Å². The van der Waals surface area contributed by atoms with Gasteiger partial charge in [0.1, 0.15) is 17.6 Å². The van der Waals surface area contributed by atoms with Gasteiger partial charge in [-0.05, 0) is 29.8 Å². The molecule has 0 saturated heterocycles. The summed E-state index contributed by atoms with van der Waals surface area (Å²) in [6, 6.07) is 13.6. The van der Waals surface area contributed by atoms with Crippen molar-refractivity contribution in [1.82, 2.24) is 4.85 Å². The molecule has 2 aromatic carbocycles. The van der Waals surface area contributed by atoms with Crippen LogP contribution in [-0.2, 0) is 6.54 Å². The Morgan fingerprint density at radius 3 is 2.56 bits per heavy atom. The summed E-state index contributed by atoms with van der Waals surface area (Å²) in [5.41, 5.74) is 0.347. The average Bonchev–Trinajstić information content (AvgIpc) is 2.98. The molecule has 0 bridgehead atoms. The van der Waals surface area contributed by atoms with Gasteiger partial charge in [0.05, 0.1) is 0 Å². The fourth-order valence-electron chi connectivity index (χ4n) is 2.30. The van der Waals surface area contributed by atoms with Crippen LogP contribution in [0.3, 0.4) is 0 Å². The molecule has 128 valence electrons. The number of nitrogens with one attached hydrogen (secondary N) is 1. The Morgan fingerprint density at radius 1 is 1.20 bits per heavy atom. The maximum absolute atomic E-state index is 12.9. The average molecular weight is 345 g/mol. The monoisotopic (exact) mass is 345 g/mol. The molecule has 0 amide bonds. The van der Waals surface area contributed by atoms with E-state index in [1.165, 1.54) is 28.9 Å². The maximum atomic E-state index is 12.9. The number of hydrogen-bond donors (Lipinski definition) is 3. The summed E-state index contributed by atoms with van der Waals surface area (Å²) >= 11 is 0. The van der Waals surface area contributed by atoms with Gasteiger partial charge in [0.15, 0.2) is 0 Å². The lowest BCUT2D eigenvalue weighted by Crippen LogP contribution is -2.71. The molecule has 1 unspecified atom stereocenters. The van der Waals surface area contributed by atoms with E-state index >= 15 is 0 Å². The summed E-state index contributed by atoms with van der Waals surface area (Å²) in [6.07, 6.45) is 0.197. The summed E-state index contributed by atoms with van der Waals surface area (Å²) in [4.78, 5) is 14.9. The molecule has 3 rings (SSSR count). The fraction of sp³-hybridized carbons (Fsp3) is 0.118. The van der Waals surface area contributed by atoms with Crippen molar-refractivity contribution in [2.45, 2.75) is 12.6 Å².